The van der Waals surface area contributed by atoms with Crippen LogP contribution in [0.4, 0.5) is 102 Å². The van der Waals surface area contributed by atoms with Crippen LogP contribution in [0.1, 0.15) is 13.7 Å². The Morgan fingerprint density at radius 3 is 0.280 bits per heavy atom. The molecule has 24 aromatic carbocycles. The molecule has 712 valence electrons. The van der Waals surface area contributed by atoms with Crippen LogP contribution in [0.5, 0.6) is 0 Å². The van der Waals surface area contributed by atoms with Gasteiger partial charge in [0.05, 0.1) is 13.7 Å². The van der Waals surface area contributed by atoms with E-state index in [0.29, 0.717) is 22.7 Å². The lowest BCUT2D eigenvalue weighted by atomic mass is 10.0. The number of rotatable bonds is 28. The molecule has 0 aromatic heterocycles. The molecule has 0 bridgehead atoms. The Balaban J connectivity index is 0.000000174. The molecule has 0 saturated heterocycles. The molecule has 0 unspecified atom stereocenters. The Hall–Kier alpha value is -19.9. The fraction of sp³-hybridized carbons (Fsp3) is 0. The zero-order chi connectivity index (χ0) is 109. The molecule has 0 amide bonds. The van der Waals surface area contributed by atoms with Crippen molar-refractivity contribution in [2.75, 3.05) is 29.4 Å². The van der Waals surface area contributed by atoms with E-state index in [1.165, 1.54) is 11.1 Å². The Bertz CT molecular complexity index is 8460. The van der Waals surface area contributed by atoms with Gasteiger partial charge in [-0.05, 0) is 330 Å². The van der Waals surface area contributed by atoms with Crippen LogP contribution >= 0.6 is 0 Å². The van der Waals surface area contributed by atoms with Gasteiger partial charge >= 0.3 is 0 Å². The van der Waals surface area contributed by atoms with Crippen LogP contribution in [0.3, 0.4) is 0 Å². The van der Waals surface area contributed by atoms with E-state index >= 15 is 0 Å². The zero-order valence-electron chi connectivity index (χ0n) is 92.1. The molecule has 0 aliphatic rings. The van der Waals surface area contributed by atoms with Crippen molar-refractivity contribution >= 4 is 102 Å². The van der Waals surface area contributed by atoms with Gasteiger partial charge in [0.15, 0.2) is 0 Å². The summed E-state index contributed by atoms with van der Waals surface area (Å²) in [5.41, 5.74) is 36.7. The van der Waals surface area contributed by atoms with Crippen molar-refractivity contribution in [2.24, 2.45) is 0 Å². The van der Waals surface area contributed by atoms with Crippen molar-refractivity contribution in [3.8, 4) is 111 Å². The first-order valence-corrected chi connectivity index (χ1v) is 50.3. The number of benzene rings is 24. The Labute approximate surface area is 893 Å². The molecule has 150 heavy (non-hydrogen) atoms. The van der Waals surface area contributed by atoms with Gasteiger partial charge in [-0.2, -0.15) is 0 Å². The standard InChI is InChI=1S/C78H57N3.C66H49N3/c1-6-16-58(17-7-1)62-26-42-73(43-27-62)80(74-44-28-63(29-45-74)59-18-8-2-9-19-59)77-54-38-68(39-55-77)66-34-50-71(51-35-66)79(70-24-14-5-15-25-70)72-52-36-67(37-53-72)69-40-56-78(57-41-69)81(75-46-30-64(31-47-75)60-20-10-3-11-21-60)76-48-32-65(33-49-76)61-22-12-4-13-23-61;1-6-16-50(17-7-1)52-26-38-61(39-27-52)67(58-20-10-3-11-21-58)63-42-30-54(31-43-63)56-34-46-65(47-35-56)69(60-24-14-5-15-25-60)66-48-36-57(37-49-66)55-32-44-64(45-33-55)68(59-22-12-4-13-23-59)62-40-28-53(29-41-62)51-18-8-2-9-19-51/h1-57H;1-49H/i2*5D,14D,15D,24D,25D. The van der Waals surface area contributed by atoms with Gasteiger partial charge in [0.1, 0.15) is 0 Å². The summed E-state index contributed by atoms with van der Waals surface area (Å²) in [6.45, 7) is 0. The summed E-state index contributed by atoms with van der Waals surface area (Å²) in [6.07, 6.45) is 0. The molecule has 0 saturated carbocycles. The lowest BCUT2D eigenvalue weighted by Crippen LogP contribution is -2.10. The molecule has 0 aliphatic carbocycles. The Kier molecular flexibility index (Phi) is 24.5. The van der Waals surface area contributed by atoms with E-state index in [9.17, 15) is 0 Å². The summed E-state index contributed by atoms with van der Waals surface area (Å²) in [5.74, 6) is 0. The molecule has 6 nitrogen and oxygen atoms in total. The average Bonchev–Trinajstić information content (AvgIpc) is 0.756. The largest absolute Gasteiger partial charge is 0.311 e. The fourth-order valence-electron chi connectivity index (χ4n) is 19.5. The van der Waals surface area contributed by atoms with Crippen molar-refractivity contribution in [3.05, 3.63) is 643 Å². The van der Waals surface area contributed by atoms with E-state index in [1.807, 2.05) is 170 Å². The average molecular weight is 1930 g/mol. The number of hydrogen-bond acceptors (Lipinski definition) is 6. The van der Waals surface area contributed by atoms with Gasteiger partial charge in [-0.1, -0.05) is 425 Å². The maximum absolute atomic E-state index is 9.15. The number of nitrogens with zero attached hydrogens (tertiary/aromatic N) is 6. The molecular formula is C144H106N6. The normalized spacial score (nSPS) is 11.9. The number of anilines is 18. The van der Waals surface area contributed by atoms with E-state index in [0.717, 1.165) is 168 Å². The molecule has 0 heterocycles. The van der Waals surface area contributed by atoms with Crippen LogP contribution in [0.2, 0.25) is 0 Å². The summed E-state index contributed by atoms with van der Waals surface area (Å²) >= 11 is 0. The predicted octanol–water partition coefficient (Wildman–Crippen LogP) is 40.9. The quantitative estimate of drug-likeness (QED) is 0.0483. The highest BCUT2D eigenvalue weighted by molar-refractivity contribution is 5.90. The van der Waals surface area contributed by atoms with Crippen molar-refractivity contribution < 1.29 is 13.7 Å². The van der Waals surface area contributed by atoms with E-state index < -0.39 is 36.3 Å². The van der Waals surface area contributed by atoms with Crippen molar-refractivity contribution in [2.45, 2.75) is 0 Å². The molecule has 24 aromatic rings. The summed E-state index contributed by atoms with van der Waals surface area (Å²) in [7, 11) is 0. The van der Waals surface area contributed by atoms with Crippen LogP contribution in [0, 0.1) is 0 Å². The highest BCUT2D eigenvalue weighted by Gasteiger charge is 2.23. The van der Waals surface area contributed by atoms with E-state index in [4.69, 9.17) is 13.7 Å². The molecule has 0 radical (unpaired) electrons. The SMILES string of the molecule is [2H]c1c([2H])c([2H])c(N(c2ccc(-c3ccc(N(c4ccc(-c5ccccc5)cc4)c4ccc(-c5ccccc5)cc4)cc3)cc2)c2ccc(-c3ccc(N(c4ccc(-c5ccccc5)cc4)c4ccc(-c5ccccc5)cc4)cc3)cc2)c([2H])c1[2H].[2H]c1c([2H])c([2H])c(N(c2ccc(-c3ccc(N(c4ccccc4)c4ccc(-c5ccccc5)cc4)cc3)cc2)c2ccc(-c3ccc(N(c4ccccc4)c4ccc(-c5ccccc5)cc4)cc3)cc2)c([2H])c1[2H]. The summed E-state index contributed by atoms with van der Waals surface area (Å²) in [4.78, 5) is 12.5. The minimum absolute atomic E-state index is 0.0626. The molecule has 0 N–H and O–H groups in total. The van der Waals surface area contributed by atoms with Gasteiger partial charge < -0.3 is 29.4 Å². The zero-order valence-corrected chi connectivity index (χ0v) is 82.1. The van der Waals surface area contributed by atoms with E-state index in [2.05, 4.69) is 432 Å². The van der Waals surface area contributed by atoms with Gasteiger partial charge in [-0.3, -0.25) is 0 Å². The van der Waals surface area contributed by atoms with Crippen LogP contribution < -0.4 is 29.4 Å². The van der Waals surface area contributed by atoms with Crippen molar-refractivity contribution in [1.29, 1.82) is 0 Å². The third kappa shape index (κ3) is 21.2. The number of para-hydroxylation sites is 4. The van der Waals surface area contributed by atoms with Gasteiger partial charge in [0.2, 0.25) is 0 Å². The highest BCUT2D eigenvalue weighted by atomic mass is 15.2. The summed E-state index contributed by atoms with van der Waals surface area (Å²) in [5, 5.41) is 0. The van der Waals surface area contributed by atoms with Crippen molar-refractivity contribution in [3.63, 3.8) is 0 Å². The van der Waals surface area contributed by atoms with Crippen LogP contribution in [0.15, 0.2) is 643 Å². The summed E-state index contributed by atoms with van der Waals surface area (Å²) in [6, 6.07) is 197. The monoisotopic (exact) mass is 1930 g/mol. The second kappa shape index (κ2) is 44.5. The van der Waals surface area contributed by atoms with E-state index in [1.54, 1.807) is 9.80 Å². The van der Waals surface area contributed by atoms with Gasteiger partial charge in [0.25, 0.3) is 0 Å². The molecule has 0 aliphatic heterocycles. The Morgan fingerprint density at radius 1 is 0.0800 bits per heavy atom. The molecule has 0 atom stereocenters. The lowest BCUT2D eigenvalue weighted by Gasteiger charge is -2.27. The van der Waals surface area contributed by atoms with Gasteiger partial charge in [-0.25, -0.2) is 0 Å². The Morgan fingerprint density at radius 2 is 0.167 bits per heavy atom. The molecule has 24 rings (SSSR count). The first-order chi connectivity index (χ1) is 78.5. The molecular weight excluding hydrogens is 1810 g/mol. The molecule has 6 heteroatoms. The van der Waals surface area contributed by atoms with Gasteiger partial charge in [-0.15, -0.1) is 0 Å². The molecule has 0 fully saturated rings. The number of hydrogen-bond donors (Lipinski definition) is 0. The fourth-order valence-corrected chi connectivity index (χ4v) is 19.5. The second-order valence-electron chi connectivity index (χ2n) is 36.5. The minimum Gasteiger partial charge on any atom is -0.311 e. The van der Waals surface area contributed by atoms with E-state index in [-0.39, 0.29) is 35.5 Å². The topological polar surface area (TPSA) is 19.4 Å². The van der Waals surface area contributed by atoms with Crippen LogP contribution in [-0.2, 0) is 0 Å². The highest BCUT2D eigenvalue weighted by Crippen LogP contribution is 2.47. The maximum Gasteiger partial charge on any atom is 0.0645 e. The first-order valence-electron chi connectivity index (χ1n) is 55.3. The summed E-state index contributed by atoms with van der Waals surface area (Å²) < 4.78 is 87.9. The third-order valence-electron chi connectivity index (χ3n) is 27.2. The second-order valence-corrected chi connectivity index (χ2v) is 36.5. The smallest absolute Gasteiger partial charge is 0.0645 e. The van der Waals surface area contributed by atoms with Crippen LogP contribution in [-0.4, -0.2) is 0 Å². The van der Waals surface area contributed by atoms with Crippen molar-refractivity contribution in [1.82, 2.24) is 0 Å². The molecule has 0 spiro atoms. The van der Waals surface area contributed by atoms with Gasteiger partial charge in [0, 0.05) is 102 Å². The lowest BCUT2D eigenvalue weighted by molar-refractivity contribution is 1.28. The minimum atomic E-state index is -0.444. The maximum atomic E-state index is 9.15. The third-order valence-corrected chi connectivity index (χ3v) is 27.2. The first kappa shape index (κ1) is 82.5. The van der Waals surface area contributed by atoms with Crippen LogP contribution in [0.25, 0.3) is 111 Å². The predicted molar refractivity (Wildman–Crippen MR) is 635 cm³/mol.